The lowest BCUT2D eigenvalue weighted by Crippen LogP contribution is -2.61. The molecule has 2 atom stereocenters. The average molecular weight is 230 g/mol. The fraction of sp³-hybridized carbons (Fsp3) is 1.00. The minimum Gasteiger partial charge on any atom is -0.377 e. The standard InChI is InChI=1S/C11H26N4O/c1-9(2)16-8-10(13-12)11-7-14(3)5-6-15(11)4/h9-11,13H,5-8,12H2,1-4H3. The monoisotopic (exact) mass is 230 g/mol. The molecule has 5 nitrogen and oxygen atoms in total. The van der Waals surface area contributed by atoms with Gasteiger partial charge in [0.1, 0.15) is 0 Å². The molecule has 1 rings (SSSR count). The number of nitrogens with zero attached hydrogens (tertiary/aromatic N) is 2. The van der Waals surface area contributed by atoms with Crippen molar-refractivity contribution in [3.8, 4) is 0 Å². The van der Waals surface area contributed by atoms with Gasteiger partial charge in [0.05, 0.1) is 18.8 Å². The third-order valence-electron chi connectivity index (χ3n) is 3.19. The molecule has 0 amide bonds. The van der Waals surface area contributed by atoms with Crippen molar-refractivity contribution in [2.45, 2.75) is 32.0 Å². The first kappa shape index (κ1) is 13.9. The van der Waals surface area contributed by atoms with Crippen LogP contribution in [0.1, 0.15) is 13.8 Å². The molecule has 1 fully saturated rings. The predicted molar refractivity (Wildman–Crippen MR) is 66.1 cm³/mol. The van der Waals surface area contributed by atoms with Crippen LogP contribution in [0.3, 0.4) is 0 Å². The van der Waals surface area contributed by atoms with Crippen LogP contribution in [0.2, 0.25) is 0 Å². The van der Waals surface area contributed by atoms with Crippen LogP contribution in [0.15, 0.2) is 0 Å². The quantitative estimate of drug-likeness (QED) is 0.492. The highest BCUT2D eigenvalue weighted by Crippen LogP contribution is 2.10. The second-order valence-electron chi connectivity index (χ2n) is 4.97. The Kier molecular flexibility index (Phi) is 5.64. The van der Waals surface area contributed by atoms with E-state index in [1.807, 2.05) is 13.8 Å². The molecular formula is C11H26N4O. The van der Waals surface area contributed by atoms with E-state index in [1.165, 1.54) is 0 Å². The topological polar surface area (TPSA) is 53.8 Å². The van der Waals surface area contributed by atoms with Gasteiger partial charge in [0.25, 0.3) is 0 Å². The molecule has 1 aliphatic heterocycles. The molecule has 0 spiro atoms. The molecule has 96 valence electrons. The van der Waals surface area contributed by atoms with Crippen LogP contribution >= 0.6 is 0 Å². The molecule has 1 aliphatic rings. The largest absolute Gasteiger partial charge is 0.377 e. The molecule has 0 bridgehead atoms. The highest BCUT2D eigenvalue weighted by atomic mass is 16.5. The molecule has 0 saturated carbocycles. The summed E-state index contributed by atoms with van der Waals surface area (Å²) in [4.78, 5) is 4.69. The van der Waals surface area contributed by atoms with Crippen LogP contribution in [-0.2, 0) is 4.74 Å². The Morgan fingerprint density at radius 3 is 2.62 bits per heavy atom. The first-order chi connectivity index (χ1) is 7.54. The van der Waals surface area contributed by atoms with Gasteiger partial charge in [-0.15, -0.1) is 0 Å². The number of nitrogens with two attached hydrogens (primary N) is 1. The minimum absolute atomic E-state index is 0.190. The zero-order valence-corrected chi connectivity index (χ0v) is 10.9. The van der Waals surface area contributed by atoms with E-state index in [4.69, 9.17) is 10.6 Å². The summed E-state index contributed by atoms with van der Waals surface area (Å²) >= 11 is 0. The van der Waals surface area contributed by atoms with Crippen molar-refractivity contribution in [1.29, 1.82) is 0 Å². The van der Waals surface area contributed by atoms with Crippen LogP contribution in [0.5, 0.6) is 0 Å². The Labute approximate surface area is 98.9 Å². The number of ether oxygens (including phenoxy) is 1. The van der Waals surface area contributed by atoms with Gasteiger partial charge in [0.15, 0.2) is 0 Å². The van der Waals surface area contributed by atoms with E-state index in [2.05, 4.69) is 29.3 Å². The Hall–Kier alpha value is -0.200. The van der Waals surface area contributed by atoms with Gasteiger partial charge in [0.2, 0.25) is 0 Å². The lowest BCUT2D eigenvalue weighted by atomic mass is 10.1. The Morgan fingerprint density at radius 2 is 2.06 bits per heavy atom. The third kappa shape index (κ3) is 3.99. The van der Waals surface area contributed by atoms with Crippen molar-refractivity contribution in [3.05, 3.63) is 0 Å². The van der Waals surface area contributed by atoms with Crippen LogP contribution < -0.4 is 11.3 Å². The smallest absolute Gasteiger partial charge is 0.0652 e. The number of hydrazine groups is 1. The highest BCUT2D eigenvalue weighted by Gasteiger charge is 2.29. The molecule has 5 heteroatoms. The molecular weight excluding hydrogens is 204 g/mol. The summed E-state index contributed by atoms with van der Waals surface area (Å²) in [5.74, 6) is 5.62. The molecule has 3 N–H and O–H groups in total. The fourth-order valence-electron chi connectivity index (χ4n) is 2.05. The fourth-order valence-corrected chi connectivity index (χ4v) is 2.05. The van der Waals surface area contributed by atoms with E-state index in [0.717, 1.165) is 19.6 Å². The maximum absolute atomic E-state index is 5.64. The minimum atomic E-state index is 0.190. The highest BCUT2D eigenvalue weighted by molar-refractivity contribution is 4.87. The second kappa shape index (κ2) is 6.51. The van der Waals surface area contributed by atoms with Crippen molar-refractivity contribution in [3.63, 3.8) is 0 Å². The van der Waals surface area contributed by atoms with Gasteiger partial charge in [0, 0.05) is 25.7 Å². The summed E-state index contributed by atoms with van der Waals surface area (Å²) in [5, 5.41) is 0. The summed E-state index contributed by atoms with van der Waals surface area (Å²) in [6.07, 6.45) is 0.252. The molecule has 0 aliphatic carbocycles. The number of hydrogen-bond acceptors (Lipinski definition) is 5. The normalized spacial score (nSPS) is 26.2. The van der Waals surface area contributed by atoms with Gasteiger partial charge in [-0.05, 0) is 27.9 Å². The summed E-state index contributed by atoms with van der Waals surface area (Å²) in [7, 11) is 4.30. The van der Waals surface area contributed by atoms with Gasteiger partial charge in [-0.1, -0.05) is 0 Å². The summed E-state index contributed by atoms with van der Waals surface area (Å²) in [5.41, 5.74) is 2.88. The molecule has 0 radical (unpaired) electrons. The maximum atomic E-state index is 5.64. The summed E-state index contributed by atoms with van der Waals surface area (Å²) in [6.45, 7) is 7.99. The number of hydrogen-bond donors (Lipinski definition) is 2. The summed E-state index contributed by atoms with van der Waals surface area (Å²) in [6, 6.07) is 0.609. The van der Waals surface area contributed by atoms with Gasteiger partial charge in [-0.2, -0.15) is 0 Å². The Bertz CT molecular complexity index is 200. The number of piperazine rings is 1. The third-order valence-corrected chi connectivity index (χ3v) is 3.19. The van der Waals surface area contributed by atoms with E-state index in [1.54, 1.807) is 0 Å². The number of rotatable bonds is 5. The van der Waals surface area contributed by atoms with Crippen LogP contribution in [0.4, 0.5) is 0 Å². The second-order valence-corrected chi connectivity index (χ2v) is 4.97. The van der Waals surface area contributed by atoms with Crippen molar-refractivity contribution < 1.29 is 4.74 Å². The van der Waals surface area contributed by atoms with Crippen molar-refractivity contribution in [2.24, 2.45) is 5.84 Å². The van der Waals surface area contributed by atoms with Gasteiger partial charge in [-0.3, -0.25) is 16.2 Å². The molecule has 1 heterocycles. The molecule has 2 unspecified atom stereocenters. The Balaban J connectivity index is 2.49. The number of likely N-dealkylation sites (N-methyl/N-ethyl adjacent to an activating group) is 2. The van der Waals surface area contributed by atoms with E-state index in [-0.39, 0.29) is 12.1 Å². The molecule has 1 saturated heterocycles. The summed E-state index contributed by atoms with van der Waals surface area (Å²) < 4.78 is 5.64. The first-order valence-electron chi connectivity index (χ1n) is 6.01. The Morgan fingerprint density at radius 1 is 1.38 bits per heavy atom. The van der Waals surface area contributed by atoms with Gasteiger partial charge in [-0.25, -0.2) is 0 Å². The first-order valence-corrected chi connectivity index (χ1v) is 6.01. The van der Waals surface area contributed by atoms with Gasteiger partial charge < -0.3 is 9.64 Å². The lowest BCUT2D eigenvalue weighted by Gasteiger charge is -2.41. The zero-order valence-electron chi connectivity index (χ0n) is 10.9. The lowest BCUT2D eigenvalue weighted by molar-refractivity contribution is 0.0172. The van der Waals surface area contributed by atoms with Crippen LogP contribution in [0.25, 0.3) is 0 Å². The van der Waals surface area contributed by atoms with E-state index in [9.17, 15) is 0 Å². The maximum Gasteiger partial charge on any atom is 0.0652 e. The van der Waals surface area contributed by atoms with Crippen LogP contribution in [0, 0.1) is 0 Å². The molecule has 0 aromatic carbocycles. The molecule has 0 aromatic rings. The van der Waals surface area contributed by atoms with Gasteiger partial charge >= 0.3 is 0 Å². The van der Waals surface area contributed by atoms with Crippen molar-refractivity contribution >= 4 is 0 Å². The molecule has 0 aromatic heterocycles. The van der Waals surface area contributed by atoms with E-state index < -0.39 is 0 Å². The predicted octanol–water partition coefficient (Wildman–Crippen LogP) is -0.511. The zero-order chi connectivity index (χ0) is 12.1. The van der Waals surface area contributed by atoms with E-state index >= 15 is 0 Å². The van der Waals surface area contributed by atoms with Crippen molar-refractivity contribution in [2.75, 3.05) is 40.3 Å². The average Bonchev–Trinajstić information content (AvgIpc) is 2.23. The van der Waals surface area contributed by atoms with Crippen molar-refractivity contribution in [1.82, 2.24) is 15.2 Å². The van der Waals surface area contributed by atoms with Crippen LogP contribution in [-0.4, -0.2) is 68.3 Å². The number of nitrogens with one attached hydrogen (secondary N) is 1. The molecule has 16 heavy (non-hydrogen) atoms. The van der Waals surface area contributed by atoms with E-state index in [0.29, 0.717) is 12.6 Å². The SMILES string of the molecule is CC(C)OCC(NN)C1CN(C)CCN1C.